The van der Waals surface area contributed by atoms with Crippen LogP contribution in [0.25, 0.3) is 0 Å². The third-order valence-electron chi connectivity index (χ3n) is 4.41. The Hall–Kier alpha value is -1.06. The summed E-state index contributed by atoms with van der Waals surface area (Å²) in [6.07, 6.45) is 0. The van der Waals surface area contributed by atoms with Gasteiger partial charge in [0.2, 0.25) is 0 Å². The molecule has 3 heteroatoms. The van der Waals surface area contributed by atoms with Crippen molar-refractivity contribution in [3.8, 4) is 5.75 Å². The molecule has 4 N–H and O–H groups in total. The van der Waals surface area contributed by atoms with Crippen LogP contribution in [0.4, 0.5) is 0 Å². The van der Waals surface area contributed by atoms with E-state index in [0.717, 1.165) is 5.75 Å². The van der Waals surface area contributed by atoms with Gasteiger partial charge in [0, 0.05) is 0 Å². The number of hydrogen-bond donors (Lipinski definition) is 2. The Morgan fingerprint density at radius 2 is 1.63 bits per heavy atom. The SMILES string of the molecule is COc1cc(C)c(C(C)C(C)C(CN)CN)cc1C. The van der Waals surface area contributed by atoms with Gasteiger partial charge in [-0.25, -0.2) is 0 Å². The van der Waals surface area contributed by atoms with Crippen LogP contribution in [-0.2, 0) is 0 Å². The summed E-state index contributed by atoms with van der Waals surface area (Å²) in [4.78, 5) is 0. The van der Waals surface area contributed by atoms with Crippen LogP contribution in [0.1, 0.15) is 36.5 Å². The molecule has 0 aromatic heterocycles. The second-order valence-electron chi connectivity index (χ2n) is 5.56. The molecule has 0 bridgehead atoms. The topological polar surface area (TPSA) is 61.3 Å². The van der Waals surface area contributed by atoms with E-state index in [1.807, 2.05) is 0 Å². The number of nitrogens with two attached hydrogens (primary N) is 2. The van der Waals surface area contributed by atoms with Crippen molar-refractivity contribution in [2.75, 3.05) is 20.2 Å². The molecule has 0 aliphatic carbocycles. The second-order valence-corrected chi connectivity index (χ2v) is 5.56. The van der Waals surface area contributed by atoms with Crippen molar-refractivity contribution < 1.29 is 4.74 Å². The van der Waals surface area contributed by atoms with Crippen molar-refractivity contribution in [3.63, 3.8) is 0 Å². The number of aryl methyl sites for hydroxylation is 2. The summed E-state index contributed by atoms with van der Waals surface area (Å²) in [6, 6.07) is 4.35. The van der Waals surface area contributed by atoms with Crippen LogP contribution < -0.4 is 16.2 Å². The van der Waals surface area contributed by atoms with Gasteiger partial charge >= 0.3 is 0 Å². The molecule has 19 heavy (non-hydrogen) atoms. The van der Waals surface area contributed by atoms with Crippen molar-refractivity contribution >= 4 is 0 Å². The Kier molecular flexibility index (Phi) is 5.83. The van der Waals surface area contributed by atoms with Gasteiger partial charge in [-0.1, -0.05) is 19.9 Å². The monoisotopic (exact) mass is 264 g/mol. The fraction of sp³-hybridized carbons (Fsp3) is 0.625. The van der Waals surface area contributed by atoms with E-state index in [9.17, 15) is 0 Å². The van der Waals surface area contributed by atoms with Crippen molar-refractivity contribution in [3.05, 3.63) is 28.8 Å². The van der Waals surface area contributed by atoms with E-state index in [-0.39, 0.29) is 0 Å². The van der Waals surface area contributed by atoms with E-state index < -0.39 is 0 Å². The lowest BCUT2D eigenvalue weighted by molar-refractivity contribution is 0.327. The van der Waals surface area contributed by atoms with Crippen LogP contribution in [0.3, 0.4) is 0 Å². The molecule has 0 radical (unpaired) electrons. The molecule has 3 nitrogen and oxygen atoms in total. The molecule has 108 valence electrons. The molecule has 0 saturated heterocycles. The molecule has 0 fully saturated rings. The van der Waals surface area contributed by atoms with Gasteiger partial charge in [0.1, 0.15) is 5.75 Å². The standard InChI is InChI=1S/C16H28N2O/c1-10-7-16(19-5)11(2)6-15(10)13(4)12(3)14(8-17)9-18/h6-7,12-14H,8-9,17-18H2,1-5H3. The highest BCUT2D eigenvalue weighted by Crippen LogP contribution is 2.34. The Morgan fingerprint density at radius 1 is 1.05 bits per heavy atom. The summed E-state index contributed by atoms with van der Waals surface area (Å²) >= 11 is 0. The average molecular weight is 264 g/mol. The Balaban J connectivity index is 3.05. The predicted octanol–water partition coefficient (Wildman–Crippen LogP) is 2.59. The van der Waals surface area contributed by atoms with E-state index in [4.69, 9.17) is 16.2 Å². The first-order chi connectivity index (χ1) is 8.96. The molecule has 0 heterocycles. The maximum absolute atomic E-state index is 5.81. The van der Waals surface area contributed by atoms with Gasteiger partial charge in [0.15, 0.2) is 0 Å². The van der Waals surface area contributed by atoms with Crippen LogP contribution in [0.15, 0.2) is 12.1 Å². The van der Waals surface area contributed by atoms with Gasteiger partial charge in [-0.15, -0.1) is 0 Å². The summed E-state index contributed by atoms with van der Waals surface area (Å²) in [5, 5.41) is 0. The van der Waals surface area contributed by atoms with Crippen molar-refractivity contribution in [2.24, 2.45) is 23.3 Å². The first-order valence-corrected chi connectivity index (χ1v) is 7.01. The van der Waals surface area contributed by atoms with Crippen molar-refractivity contribution in [1.29, 1.82) is 0 Å². The summed E-state index contributed by atoms with van der Waals surface area (Å²) in [6.45, 7) is 10.0. The lowest BCUT2D eigenvalue weighted by atomic mass is 9.78. The Labute approximate surface area is 117 Å². The smallest absolute Gasteiger partial charge is 0.122 e. The molecule has 1 aromatic rings. The van der Waals surface area contributed by atoms with Gasteiger partial charge in [0.05, 0.1) is 7.11 Å². The van der Waals surface area contributed by atoms with E-state index in [0.29, 0.717) is 30.8 Å². The van der Waals surface area contributed by atoms with E-state index >= 15 is 0 Å². The zero-order chi connectivity index (χ0) is 14.6. The summed E-state index contributed by atoms with van der Waals surface area (Å²) in [5.41, 5.74) is 15.5. The van der Waals surface area contributed by atoms with Crippen LogP contribution in [-0.4, -0.2) is 20.2 Å². The number of ether oxygens (including phenoxy) is 1. The number of benzene rings is 1. The van der Waals surface area contributed by atoms with Crippen LogP contribution in [0, 0.1) is 25.7 Å². The molecule has 1 rings (SSSR count). The third-order valence-corrected chi connectivity index (χ3v) is 4.41. The zero-order valence-electron chi connectivity index (χ0n) is 12.9. The van der Waals surface area contributed by atoms with Gasteiger partial charge in [-0.05, 0) is 67.4 Å². The van der Waals surface area contributed by atoms with Gasteiger partial charge < -0.3 is 16.2 Å². The van der Waals surface area contributed by atoms with Crippen LogP contribution in [0.5, 0.6) is 5.75 Å². The number of methoxy groups -OCH3 is 1. The Bertz CT molecular complexity index is 413. The summed E-state index contributed by atoms with van der Waals surface area (Å²) < 4.78 is 5.37. The molecule has 0 saturated carbocycles. The average Bonchev–Trinajstić information content (AvgIpc) is 2.41. The molecule has 1 aromatic carbocycles. The normalized spacial score (nSPS) is 14.5. The zero-order valence-corrected chi connectivity index (χ0v) is 12.9. The molecular formula is C16H28N2O. The lowest BCUT2D eigenvalue weighted by Crippen LogP contribution is -2.31. The first kappa shape index (κ1) is 16.0. The predicted molar refractivity (Wildman–Crippen MR) is 81.6 cm³/mol. The first-order valence-electron chi connectivity index (χ1n) is 7.01. The minimum atomic E-state index is 0.372. The van der Waals surface area contributed by atoms with Crippen molar-refractivity contribution in [2.45, 2.75) is 33.6 Å². The molecular weight excluding hydrogens is 236 g/mol. The molecule has 2 atom stereocenters. The minimum Gasteiger partial charge on any atom is -0.496 e. The van der Waals surface area contributed by atoms with E-state index in [2.05, 4.69) is 39.8 Å². The van der Waals surface area contributed by atoms with Gasteiger partial charge in [-0.2, -0.15) is 0 Å². The van der Waals surface area contributed by atoms with Crippen LogP contribution >= 0.6 is 0 Å². The summed E-state index contributed by atoms with van der Waals surface area (Å²) in [5.74, 6) is 2.25. The van der Waals surface area contributed by atoms with E-state index in [1.54, 1.807) is 7.11 Å². The molecule has 0 amide bonds. The van der Waals surface area contributed by atoms with Crippen LogP contribution in [0.2, 0.25) is 0 Å². The maximum atomic E-state index is 5.81. The molecule has 0 spiro atoms. The third kappa shape index (κ3) is 3.48. The molecule has 0 aliphatic heterocycles. The van der Waals surface area contributed by atoms with Crippen molar-refractivity contribution in [1.82, 2.24) is 0 Å². The number of rotatable bonds is 6. The highest BCUT2D eigenvalue weighted by atomic mass is 16.5. The summed E-state index contributed by atoms with van der Waals surface area (Å²) in [7, 11) is 1.71. The quantitative estimate of drug-likeness (QED) is 0.830. The Morgan fingerprint density at radius 3 is 2.11 bits per heavy atom. The van der Waals surface area contributed by atoms with E-state index in [1.165, 1.54) is 16.7 Å². The largest absolute Gasteiger partial charge is 0.496 e. The minimum absolute atomic E-state index is 0.372. The number of hydrogen-bond acceptors (Lipinski definition) is 3. The fourth-order valence-corrected chi connectivity index (χ4v) is 2.74. The second kappa shape index (κ2) is 6.92. The lowest BCUT2D eigenvalue weighted by Gasteiger charge is -2.29. The molecule has 0 aliphatic rings. The van der Waals surface area contributed by atoms with Gasteiger partial charge in [-0.3, -0.25) is 0 Å². The molecule has 2 unspecified atom stereocenters. The highest BCUT2D eigenvalue weighted by molar-refractivity contribution is 5.43. The fourth-order valence-electron chi connectivity index (χ4n) is 2.74. The highest BCUT2D eigenvalue weighted by Gasteiger charge is 2.23. The maximum Gasteiger partial charge on any atom is 0.122 e. The van der Waals surface area contributed by atoms with Gasteiger partial charge in [0.25, 0.3) is 0 Å².